The van der Waals surface area contributed by atoms with E-state index in [1.54, 1.807) is 0 Å². The lowest BCUT2D eigenvalue weighted by Crippen LogP contribution is -2.27. The maximum absolute atomic E-state index is 2.46. The molecule has 6 aromatic rings. The number of nitrogens with zero attached hydrogens (tertiary/aromatic N) is 4. The van der Waals surface area contributed by atoms with Gasteiger partial charge in [0.15, 0.2) is 0 Å². The van der Waals surface area contributed by atoms with E-state index in [0.717, 1.165) is 12.2 Å². The first-order valence-electron chi connectivity index (χ1n) is 15.2. The lowest BCUT2D eigenvalue weighted by atomic mass is 10.0. The van der Waals surface area contributed by atoms with Gasteiger partial charge >= 0.3 is 0 Å². The molecule has 0 saturated carbocycles. The molecule has 0 saturated heterocycles. The molecule has 2 aliphatic rings. The van der Waals surface area contributed by atoms with Crippen molar-refractivity contribution in [3.8, 4) is 0 Å². The van der Waals surface area contributed by atoms with E-state index in [1.165, 1.54) is 67.9 Å². The molecule has 8 rings (SSSR count). The summed E-state index contributed by atoms with van der Waals surface area (Å²) in [6, 6.07) is 50.7. The van der Waals surface area contributed by atoms with Gasteiger partial charge in [-0.05, 0) is 103 Å². The predicted octanol–water partition coefficient (Wildman–Crippen LogP) is 11.0. The number of fused-ring (bicyclic) bond motifs is 4. The summed E-state index contributed by atoms with van der Waals surface area (Å²) in [6.45, 7) is 5.12. The SMILES string of the molecule is Cc1cc(C)cc(N2c3ccccc3N(Cc3ccc(N4c5ccccc5N(C)c5ccccc54)cc3)c3ccccc32)c1. The van der Waals surface area contributed by atoms with Gasteiger partial charge in [-0.25, -0.2) is 0 Å². The second-order valence-corrected chi connectivity index (χ2v) is 11.8. The van der Waals surface area contributed by atoms with Crippen molar-refractivity contribution in [3.05, 3.63) is 156 Å². The van der Waals surface area contributed by atoms with E-state index in [2.05, 4.69) is 180 Å². The summed E-state index contributed by atoms with van der Waals surface area (Å²) in [5.74, 6) is 0. The maximum Gasteiger partial charge on any atom is 0.0699 e. The molecule has 0 atom stereocenters. The highest BCUT2D eigenvalue weighted by Gasteiger charge is 2.30. The average molecular weight is 571 g/mol. The Bertz CT molecular complexity index is 1900. The molecule has 44 heavy (non-hydrogen) atoms. The summed E-state index contributed by atoms with van der Waals surface area (Å²) in [5, 5.41) is 0. The van der Waals surface area contributed by atoms with Crippen molar-refractivity contribution in [2.24, 2.45) is 0 Å². The van der Waals surface area contributed by atoms with Crippen LogP contribution in [-0.4, -0.2) is 7.05 Å². The van der Waals surface area contributed by atoms with E-state index in [4.69, 9.17) is 0 Å². The molecule has 0 spiro atoms. The van der Waals surface area contributed by atoms with Gasteiger partial charge in [0.05, 0.1) is 45.5 Å². The fourth-order valence-corrected chi connectivity index (χ4v) is 6.90. The molecule has 0 aromatic heterocycles. The molecule has 4 nitrogen and oxygen atoms in total. The second kappa shape index (κ2) is 10.4. The van der Waals surface area contributed by atoms with Crippen LogP contribution in [0.4, 0.5) is 56.9 Å². The van der Waals surface area contributed by atoms with Crippen molar-refractivity contribution >= 4 is 56.9 Å². The number of anilines is 10. The van der Waals surface area contributed by atoms with Crippen molar-refractivity contribution in [1.29, 1.82) is 0 Å². The van der Waals surface area contributed by atoms with Gasteiger partial charge in [-0.3, -0.25) is 0 Å². The zero-order valence-corrected chi connectivity index (χ0v) is 25.3. The van der Waals surface area contributed by atoms with Crippen LogP contribution in [0.2, 0.25) is 0 Å². The first kappa shape index (κ1) is 26.2. The normalized spacial score (nSPS) is 13.2. The third-order valence-corrected chi connectivity index (χ3v) is 8.79. The molecule has 214 valence electrons. The van der Waals surface area contributed by atoms with Crippen LogP contribution >= 0.6 is 0 Å². The molecule has 4 heteroatoms. The van der Waals surface area contributed by atoms with Gasteiger partial charge < -0.3 is 19.6 Å². The molecule has 0 amide bonds. The van der Waals surface area contributed by atoms with Crippen molar-refractivity contribution in [2.45, 2.75) is 20.4 Å². The third kappa shape index (κ3) is 4.22. The molecular formula is C40H34N4. The van der Waals surface area contributed by atoms with Gasteiger partial charge in [0.1, 0.15) is 0 Å². The first-order chi connectivity index (χ1) is 21.6. The highest BCUT2D eigenvalue weighted by Crippen LogP contribution is 2.53. The van der Waals surface area contributed by atoms with Gasteiger partial charge in [-0.2, -0.15) is 0 Å². The standard InChI is InChI=1S/C40H34N4/c1-28-24-29(2)26-32(25-28)44-39-18-10-6-14-35(39)42(36-15-7-11-19-40(36)44)27-30-20-22-31(23-21-30)43-37-16-8-4-12-33(37)41(3)34-13-5-9-17-38(34)43/h4-26H,27H2,1-3H3. The summed E-state index contributed by atoms with van der Waals surface area (Å²) < 4.78 is 0. The zero-order valence-electron chi connectivity index (χ0n) is 25.3. The van der Waals surface area contributed by atoms with Gasteiger partial charge in [-0.1, -0.05) is 66.7 Å². The first-order valence-corrected chi connectivity index (χ1v) is 15.2. The van der Waals surface area contributed by atoms with Crippen LogP contribution in [0.3, 0.4) is 0 Å². The molecular weight excluding hydrogens is 536 g/mol. The molecule has 0 aliphatic carbocycles. The predicted molar refractivity (Wildman–Crippen MR) is 186 cm³/mol. The number of aryl methyl sites for hydroxylation is 2. The Morgan fingerprint density at radius 2 is 0.795 bits per heavy atom. The number of benzene rings is 6. The zero-order chi connectivity index (χ0) is 29.8. The fraction of sp³-hybridized carbons (Fsp3) is 0.100. The van der Waals surface area contributed by atoms with Crippen LogP contribution in [0, 0.1) is 13.8 Å². The monoisotopic (exact) mass is 570 g/mol. The van der Waals surface area contributed by atoms with E-state index < -0.39 is 0 Å². The quantitative estimate of drug-likeness (QED) is 0.209. The molecule has 0 unspecified atom stereocenters. The topological polar surface area (TPSA) is 13.0 Å². The highest BCUT2D eigenvalue weighted by molar-refractivity contribution is 5.99. The van der Waals surface area contributed by atoms with Crippen LogP contribution in [0.1, 0.15) is 16.7 Å². The van der Waals surface area contributed by atoms with Crippen molar-refractivity contribution in [3.63, 3.8) is 0 Å². The molecule has 0 bridgehead atoms. The molecule has 0 N–H and O–H groups in total. The summed E-state index contributed by atoms with van der Waals surface area (Å²) in [4.78, 5) is 9.52. The largest absolute Gasteiger partial charge is 0.341 e. The fourth-order valence-electron chi connectivity index (χ4n) is 6.90. The Morgan fingerprint density at radius 1 is 0.409 bits per heavy atom. The van der Waals surface area contributed by atoms with Crippen molar-refractivity contribution in [1.82, 2.24) is 0 Å². The van der Waals surface area contributed by atoms with Gasteiger partial charge in [0, 0.05) is 25.0 Å². The van der Waals surface area contributed by atoms with Crippen molar-refractivity contribution < 1.29 is 0 Å². The maximum atomic E-state index is 2.46. The molecule has 2 aliphatic heterocycles. The molecule has 0 radical (unpaired) electrons. The average Bonchev–Trinajstić information content (AvgIpc) is 3.05. The number of para-hydroxylation sites is 8. The van der Waals surface area contributed by atoms with E-state index in [0.29, 0.717) is 0 Å². The molecule has 2 heterocycles. The van der Waals surface area contributed by atoms with E-state index >= 15 is 0 Å². The minimum absolute atomic E-state index is 0.769. The Morgan fingerprint density at radius 3 is 1.27 bits per heavy atom. The van der Waals surface area contributed by atoms with E-state index in [-0.39, 0.29) is 0 Å². The van der Waals surface area contributed by atoms with E-state index in [1.807, 2.05) is 0 Å². The second-order valence-electron chi connectivity index (χ2n) is 11.8. The Labute approximate surface area is 259 Å². The minimum Gasteiger partial charge on any atom is -0.341 e. The van der Waals surface area contributed by atoms with Crippen LogP contribution in [0.25, 0.3) is 0 Å². The van der Waals surface area contributed by atoms with Crippen LogP contribution < -0.4 is 19.6 Å². The highest BCUT2D eigenvalue weighted by atomic mass is 15.3. The Balaban J connectivity index is 1.18. The Hall–Kier alpha value is -5.48. The van der Waals surface area contributed by atoms with Crippen molar-refractivity contribution in [2.75, 3.05) is 26.6 Å². The van der Waals surface area contributed by atoms with Gasteiger partial charge in [0.2, 0.25) is 0 Å². The van der Waals surface area contributed by atoms with Crippen LogP contribution in [0.5, 0.6) is 0 Å². The molecule has 6 aromatic carbocycles. The molecule has 0 fully saturated rings. The van der Waals surface area contributed by atoms with Gasteiger partial charge in [0.25, 0.3) is 0 Å². The lowest BCUT2D eigenvalue weighted by Gasteiger charge is -2.40. The summed E-state index contributed by atoms with van der Waals surface area (Å²) in [6.07, 6.45) is 0. The summed E-state index contributed by atoms with van der Waals surface area (Å²) in [5.41, 5.74) is 15.7. The van der Waals surface area contributed by atoms with E-state index in [9.17, 15) is 0 Å². The summed E-state index contributed by atoms with van der Waals surface area (Å²) in [7, 11) is 2.15. The minimum atomic E-state index is 0.769. The van der Waals surface area contributed by atoms with Crippen LogP contribution in [0.15, 0.2) is 140 Å². The lowest BCUT2D eigenvalue weighted by molar-refractivity contribution is 0.956. The number of hydrogen-bond acceptors (Lipinski definition) is 4. The number of hydrogen-bond donors (Lipinski definition) is 0. The third-order valence-electron chi connectivity index (χ3n) is 8.79. The smallest absolute Gasteiger partial charge is 0.0699 e. The Kier molecular flexibility index (Phi) is 6.16. The number of rotatable bonds is 4. The van der Waals surface area contributed by atoms with Gasteiger partial charge in [-0.15, -0.1) is 0 Å². The van der Waals surface area contributed by atoms with Crippen LogP contribution in [-0.2, 0) is 6.54 Å². The summed E-state index contributed by atoms with van der Waals surface area (Å²) >= 11 is 0.